The highest BCUT2D eigenvalue weighted by atomic mass is 35.5. The maximum Gasteiger partial charge on any atom is 0.310 e. The first-order chi connectivity index (χ1) is 15.9. The molecule has 1 aliphatic carbocycles. The van der Waals surface area contributed by atoms with Gasteiger partial charge in [0.15, 0.2) is 5.16 Å². The van der Waals surface area contributed by atoms with E-state index in [1.807, 2.05) is 4.90 Å². The van der Waals surface area contributed by atoms with Gasteiger partial charge in [0.25, 0.3) is 0 Å². The van der Waals surface area contributed by atoms with Crippen LogP contribution in [-0.2, 0) is 19.1 Å². The standard InChI is InChI=1S/C22H30ClN5O4S/c1-2-32-21(31)16-4-3-7-28(13-16)19(29)14-33-22-24-17(23)12-18(25-22)26-8-10-27(11-9-26)20(30)15-5-6-15/h12,15-16H,2-11,13-14H2,1H3. The molecule has 3 heterocycles. The summed E-state index contributed by atoms with van der Waals surface area (Å²) >= 11 is 7.49. The molecule has 33 heavy (non-hydrogen) atoms. The highest BCUT2D eigenvalue weighted by molar-refractivity contribution is 7.99. The first-order valence-electron chi connectivity index (χ1n) is 11.6. The molecule has 3 fully saturated rings. The number of ether oxygens (including phenoxy) is 1. The van der Waals surface area contributed by atoms with Gasteiger partial charge in [-0.2, -0.15) is 0 Å². The Morgan fingerprint density at radius 2 is 1.82 bits per heavy atom. The zero-order valence-corrected chi connectivity index (χ0v) is 20.4. The zero-order chi connectivity index (χ0) is 23.4. The minimum absolute atomic E-state index is 0.0497. The molecule has 3 aliphatic rings. The van der Waals surface area contributed by atoms with Crippen LogP contribution in [0.2, 0.25) is 5.15 Å². The molecule has 9 nitrogen and oxygen atoms in total. The molecule has 180 valence electrons. The maximum absolute atomic E-state index is 12.7. The number of esters is 1. The van der Waals surface area contributed by atoms with E-state index in [-0.39, 0.29) is 35.4 Å². The van der Waals surface area contributed by atoms with E-state index in [2.05, 4.69) is 14.9 Å². The Balaban J connectivity index is 1.30. The van der Waals surface area contributed by atoms with Gasteiger partial charge in [-0.25, -0.2) is 9.97 Å². The monoisotopic (exact) mass is 495 g/mol. The minimum Gasteiger partial charge on any atom is -0.466 e. The summed E-state index contributed by atoms with van der Waals surface area (Å²) in [6, 6.07) is 1.72. The largest absolute Gasteiger partial charge is 0.466 e. The van der Waals surface area contributed by atoms with E-state index >= 15 is 0 Å². The van der Waals surface area contributed by atoms with Crippen LogP contribution in [0.4, 0.5) is 5.82 Å². The Kier molecular flexibility index (Phi) is 7.95. The number of thioether (sulfide) groups is 1. The van der Waals surface area contributed by atoms with Crippen LogP contribution in [0, 0.1) is 11.8 Å². The van der Waals surface area contributed by atoms with Crippen LogP contribution in [0.1, 0.15) is 32.6 Å². The highest BCUT2D eigenvalue weighted by Gasteiger charge is 2.35. The average Bonchev–Trinajstić information content (AvgIpc) is 3.68. The number of anilines is 1. The van der Waals surface area contributed by atoms with Crippen LogP contribution in [0.5, 0.6) is 0 Å². The van der Waals surface area contributed by atoms with Gasteiger partial charge in [-0.3, -0.25) is 14.4 Å². The maximum atomic E-state index is 12.7. The number of carbonyl (C=O) groups excluding carboxylic acids is 3. The smallest absolute Gasteiger partial charge is 0.310 e. The molecular formula is C22H30ClN5O4S. The van der Waals surface area contributed by atoms with Gasteiger partial charge in [0, 0.05) is 51.3 Å². The molecule has 11 heteroatoms. The molecule has 1 aromatic heterocycles. The number of amides is 2. The SMILES string of the molecule is CCOC(=O)C1CCCN(C(=O)CSc2nc(Cl)cc(N3CCN(C(=O)C4CC4)CC3)n2)C1. The quantitative estimate of drug-likeness (QED) is 0.245. The summed E-state index contributed by atoms with van der Waals surface area (Å²) in [4.78, 5) is 51.7. The number of hydrogen-bond donors (Lipinski definition) is 0. The van der Waals surface area contributed by atoms with Crippen molar-refractivity contribution in [2.75, 3.05) is 56.5 Å². The third kappa shape index (κ3) is 6.29. The van der Waals surface area contributed by atoms with Crippen LogP contribution < -0.4 is 4.90 Å². The number of likely N-dealkylation sites (tertiary alicyclic amines) is 1. The van der Waals surface area contributed by atoms with E-state index < -0.39 is 0 Å². The highest BCUT2D eigenvalue weighted by Crippen LogP contribution is 2.31. The number of carbonyl (C=O) groups is 3. The van der Waals surface area contributed by atoms with Gasteiger partial charge in [-0.05, 0) is 32.6 Å². The lowest BCUT2D eigenvalue weighted by atomic mass is 9.98. The van der Waals surface area contributed by atoms with Gasteiger partial charge >= 0.3 is 5.97 Å². The normalized spacial score (nSPS) is 21.2. The number of halogens is 1. The molecule has 4 rings (SSSR count). The van der Waals surface area contributed by atoms with Crippen LogP contribution in [0.15, 0.2) is 11.2 Å². The van der Waals surface area contributed by atoms with Crippen molar-refractivity contribution in [1.82, 2.24) is 19.8 Å². The second-order valence-electron chi connectivity index (χ2n) is 8.64. The number of piperidine rings is 1. The van der Waals surface area contributed by atoms with Gasteiger partial charge in [0.2, 0.25) is 11.8 Å². The van der Waals surface area contributed by atoms with Crippen molar-refractivity contribution >= 4 is 47.0 Å². The fourth-order valence-electron chi connectivity index (χ4n) is 4.23. The molecular weight excluding hydrogens is 466 g/mol. The summed E-state index contributed by atoms with van der Waals surface area (Å²) in [6.45, 7) is 5.90. The molecule has 2 saturated heterocycles. The van der Waals surface area contributed by atoms with Gasteiger partial charge in [0.05, 0.1) is 18.3 Å². The Hall–Kier alpha value is -2.07. The Bertz CT molecular complexity index is 892. The summed E-state index contributed by atoms with van der Waals surface area (Å²) in [5.41, 5.74) is 0. The van der Waals surface area contributed by atoms with Crippen LogP contribution in [-0.4, -0.2) is 89.2 Å². The van der Waals surface area contributed by atoms with E-state index in [9.17, 15) is 14.4 Å². The summed E-state index contributed by atoms with van der Waals surface area (Å²) in [6.07, 6.45) is 3.56. The van der Waals surface area contributed by atoms with Gasteiger partial charge in [0.1, 0.15) is 11.0 Å². The van der Waals surface area contributed by atoms with Crippen molar-refractivity contribution in [3.05, 3.63) is 11.2 Å². The molecule has 1 saturated carbocycles. The van der Waals surface area contributed by atoms with Crippen molar-refractivity contribution < 1.29 is 19.1 Å². The van der Waals surface area contributed by atoms with E-state index in [1.54, 1.807) is 17.9 Å². The Labute approximate surface area is 203 Å². The number of hydrogen-bond acceptors (Lipinski definition) is 8. The first kappa shape index (κ1) is 24.1. The van der Waals surface area contributed by atoms with Gasteiger partial charge in [-0.1, -0.05) is 23.4 Å². The van der Waals surface area contributed by atoms with Crippen molar-refractivity contribution in [3.63, 3.8) is 0 Å². The third-order valence-corrected chi connectivity index (χ3v) is 7.25. The van der Waals surface area contributed by atoms with Crippen LogP contribution in [0.25, 0.3) is 0 Å². The van der Waals surface area contributed by atoms with Crippen molar-refractivity contribution in [3.8, 4) is 0 Å². The molecule has 0 N–H and O–H groups in total. The van der Waals surface area contributed by atoms with Gasteiger partial charge < -0.3 is 19.4 Å². The lowest BCUT2D eigenvalue weighted by Gasteiger charge is -2.35. The molecule has 2 amide bonds. The molecule has 2 aliphatic heterocycles. The lowest BCUT2D eigenvalue weighted by Crippen LogP contribution is -2.49. The molecule has 0 spiro atoms. The van der Waals surface area contributed by atoms with E-state index in [0.29, 0.717) is 62.0 Å². The molecule has 1 unspecified atom stereocenters. The third-order valence-electron chi connectivity index (χ3n) is 6.22. The summed E-state index contributed by atoms with van der Waals surface area (Å²) in [5, 5.41) is 0.771. The van der Waals surface area contributed by atoms with E-state index in [1.165, 1.54) is 11.8 Å². The van der Waals surface area contributed by atoms with Crippen molar-refractivity contribution in [2.24, 2.45) is 11.8 Å². The van der Waals surface area contributed by atoms with E-state index in [4.69, 9.17) is 16.3 Å². The molecule has 1 atom stereocenters. The summed E-state index contributed by atoms with van der Waals surface area (Å²) in [5.74, 6) is 0.858. The topological polar surface area (TPSA) is 95.9 Å². The fraction of sp³-hybridized carbons (Fsp3) is 0.682. The van der Waals surface area contributed by atoms with Crippen molar-refractivity contribution in [1.29, 1.82) is 0 Å². The fourth-order valence-corrected chi connectivity index (χ4v) is 5.21. The summed E-state index contributed by atoms with van der Waals surface area (Å²) in [7, 11) is 0. The van der Waals surface area contributed by atoms with Gasteiger partial charge in [-0.15, -0.1) is 0 Å². The predicted molar refractivity (Wildman–Crippen MR) is 125 cm³/mol. The Morgan fingerprint density at radius 3 is 2.52 bits per heavy atom. The average molecular weight is 496 g/mol. The number of piperazine rings is 1. The first-order valence-corrected chi connectivity index (χ1v) is 13.0. The lowest BCUT2D eigenvalue weighted by molar-refractivity contribution is -0.151. The molecule has 0 aromatic carbocycles. The Morgan fingerprint density at radius 1 is 1.06 bits per heavy atom. The summed E-state index contributed by atoms with van der Waals surface area (Å²) < 4.78 is 5.11. The van der Waals surface area contributed by atoms with Crippen LogP contribution in [0.3, 0.4) is 0 Å². The molecule has 1 aromatic rings. The second-order valence-corrected chi connectivity index (χ2v) is 9.97. The number of aromatic nitrogens is 2. The molecule has 0 radical (unpaired) electrons. The number of nitrogens with zero attached hydrogens (tertiary/aromatic N) is 5. The van der Waals surface area contributed by atoms with E-state index in [0.717, 1.165) is 25.7 Å². The molecule has 0 bridgehead atoms. The number of rotatable bonds is 7. The zero-order valence-electron chi connectivity index (χ0n) is 18.9. The van der Waals surface area contributed by atoms with Crippen molar-refractivity contribution in [2.45, 2.75) is 37.8 Å². The minimum atomic E-state index is -0.257. The van der Waals surface area contributed by atoms with Crippen LogP contribution >= 0.6 is 23.4 Å². The predicted octanol–water partition coefficient (Wildman–Crippen LogP) is 2.08. The second kappa shape index (κ2) is 10.9.